The molecule has 0 aromatic heterocycles. The van der Waals surface area contributed by atoms with Crippen LogP contribution in [-0.4, -0.2) is 46.2 Å². The van der Waals surface area contributed by atoms with Gasteiger partial charge in [-0.05, 0) is 38.5 Å². The number of carboxylic acids is 1. The Labute approximate surface area is 119 Å². The quantitative estimate of drug-likeness (QED) is 0.715. The first-order chi connectivity index (χ1) is 9.47. The summed E-state index contributed by atoms with van der Waals surface area (Å²) in [5.74, 6) is -1.91. The predicted molar refractivity (Wildman–Crippen MR) is 73.9 cm³/mol. The molecule has 0 aromatic rings. The van der Waals surface area contributed by atoms with Crippen molar-refractivity contribution in [1.29, 1.82) is 0 Å². The van der Waals surface area contributed by atoms with Crippen LogP contribution in [0.2, 0.25) is 0 Å². The summed E-state index contributed by atoms with van der Waals surface area (Å²) in [5, 5.41) is 18.4. The molecule has 0 saturated heterocycles. The molecule has 1 fully saturated rings. The SMILES string of the molecule is CC(C)N(CCCO)C(=O)C1C2C=CC(C2)C1C(=O)O. The molecule has 4 unspecified atom stereocenters. The van der Waals surface area contributed by atoms with Gasteiger partial charge in [0.15, 0.2) is 0 Å². The Hall–Kier alpha value is -1.36. The van der Waals surface area contributed by atoms with Gasteiger partial charge in [-0.1, -0.05) is 12.2 Å². The Balaban J connectivity index is 2.17. The molecule has 112 valence electrons. The number of aliphatic carboxylic acids is 1. The van der Waals surface area contributed by atoms with Crippen LogP contribution in [0.1, 0.15) is 26.7 Å². The molecule has 0 radical (unpaired) electrons. The zero-order valence-corrected chi connectivity index (χ0v) is 12.0. The summed E-state index contributed by atoms with van der Waals surface area (Å²) >= 11 is 0. The van der Waals surface area contributed by atoms with Crippen molar-refractivity contribution < 1.29 is 19.8 Å². The molecular formula is C15H23NO4. The van der Waals surface area contributed by atoms with E-state index in [-0.39, 0.29) is 30.4 Å². The number of aliphatic hydroxyl groups excluding tert-OH is 1. The number of carbonyl (C=O) groups is 2. The third-order valence-corrected chi connectivity index (χ3v) is 4.49. The van der Waals surface area contributed by atoms with E-state index in [0.717, 1.165) is 6.42 Å². The van der Waals surface area contributed by atoms with E-state index in [2.05, 4.69) is 0 Å². The van der Waals surface area contributed by atoms with E-state index in [4.69, 9.17) is 5.11 Å². The average Bonchev–Trinajstić information content (AvgIpc) is 2.98. The highest BCUT2D eigenvalue weighted by atomic mass is 16.4. The molecule has 5 nitrogen and oxygen atoms in total. The van der Waals surface area contributed by atoms with Crippen molar-refractivity contribution >= 4 is 11.9 Å². The molecule has 0 heterocycles. The molecule has 2 rings (SSSR count). The third kappa shape index (κ3) is 2.59. The average molecular weight is 281 g/mol. The number of hydrogen-bond acceptors (Lipinski definition) is 3. The summed E-state index contributed by atoms with van der Waals surface area (Å²) in [7, 11) is 0. The molecule has 2 bridgehead atoms. The van der Waals surface area contributed by atoms with Crippen LogP contribution < -0.4 is 0 Å². The van der Waals surface area contributed by atoms with E-state index in [1.165, 1.54) is 0 Å². The molecule has 0 aromatic carbocycles. The molecule has 20 heavy (non-hydrogen) atoms. The minimum atomic E-state index is -0.869. The predicted octanol–water partition coefficient (Wildman–Crippen LogP) is 1.13. The van der Waals surface area contributed by atoms with Gasteiger partial charge < -0.3 is 15.1 Å². The molecule has 1 saturated carbocycles. The van der Waals surface area contributed by atoms with Gasteiger partial charge in [0.05, 0.1) is 11.8 Å². The van der Waals surface area contributed by atoms with E-state index < -0.39 is 17.8 Å². The fourth-order valence-electron chi connectivity index (χ4n) is 3.55. The number of carboxylic acid groups (broad SMARTS) is 1. The number of aliphatic hydroxyl groups is 1. The number of hydrogen-bond donors (Lipinski definition) is 2. The van der Waals surface area contributed by atoms with Gasteiger partial charge in [0.25, 0.3) is 0 Å². The molecule has 4 atom stereocenters. The number of rotatable bonds is 6. The van der Waals surface area contributed by atoms with Gasteiger partial charge in [-0.3, -0.25) is 9.59 Å². The first-order valence-electron chi connectivity index (χ1n) is 7.29. The molecule has 1 amide bonds. The Morgan fingerprint density at radius 2 is 1.85 bits per heavy atom. The van der Waals surface area contributed by atoms with Crippen molar-refractivity contribution in [1.82, 2.24) is 4.90 Å². The summed E-state index contributed by atoms with van der Waals surface area (Å²) in [4.78, 5) is 25.9. The van der Waals surface area contributed by atoms with Crippen LogP contribution in [0.4, 0.5) is 0 Å². The zero-order chi connectivity index (χ0) is 14.9. The van der Waals surface area contributed by atoms with Gasteiger partial charge in [-0.2, -0.15) is 0 Å². The Bertz CT molecular complexity index is 418. The topological polar surface area (TPSA) is 77.8 Å². The van der Waals surface area contributed by atoms with Crippen LogP contribution in [0, 0.1) is 23.7 Å². The lowest BCUT2D eigenvalue weighted by Crippen LogP contribution is -2.46. The minimum absolute atomic E-state index is 0.00157. The summed E-state index contributed by atoms with van der Waals surface area (Å²) in [6, 6.07) is 0.0200. The molecule has 5 heteroatoms. The number of carbonyl (C=O) groups excluding carboxylic acids is 1. The van der Waals surface area contributed by atoms with Crippen molar-refractivity contribution in [3.8, 4) is 0 Å². The number of nitrogens with zero attached hydrogens (tertiary/aromatic N) is 1. The van der Waals surface area contributed by atoms with E-state index in [0.29, 0.717) is 13.0 Å². The van der Waals surface area contributed by atoms with Gasteiger partial charge in [0.2, 0.25) is 5.91 Å². The van der Waals surface area contributed by atoms with E-state index in [9.17, 15) is 14.7 Å². The van der Waals surface area contributed by atoms with Crippen LogP contribution in [0.15, 0.2) is 12.2 Å². The number of allylic oxidation sites excluding steroid dienone is 2. The first kappa shape index (κ1) is 15.0. The fraction of sp³-hybridized carbons (Fsp3) is 0.733. The van der Waals surface area contributed by atoms with Crippen molar-refractivity contribution in [2.45, 2.75) is 32.7 Å². The highest BCUT2D eigenvalue weighted by molar-refractivity contribution is 5.87. The first-order valence-corrected chi connectivity index (χ1v) is 7.29. The van der Waals surface area contributed by atoms with Crippen molar-refractivity contribution in [3.05, 3.63) is 12.2 Å². The molecule has 2 N–H and O–H groups in total. The second-order valence-corrected chi connectivity index (χ2v) is 6.04. The molecule has 2 aliphatic carbocycles. The fourth-order valence-corrected chi connectivity index (χ4v) is 3.55. The summed E-state index contributed by atoms with van der Waals surface area (Å²) in [6.07, 6.45) is 5.25. The maximum atomic E-state index is 12.7. The standard InChI is InChI=1S/C15H23NO4/c1-9(2)16(6-3-7-17)14(18)12-10-4-5-11(8-10)13(12)15(19)20/h4-5,9-13,17H,3,6-8H2,1-2H3,(H,19,20). The van der Waals surface area contributed by atoms with Crippen molar-refractivity contribution in [3.63, 3.8) is 0 Å². The maximum Gasteiger partial charge on any atom is 0.307 e. The van der Waals surface area contributed by atoms with Gasteiger partial charge in [-0.15, -0.1) is 0 Å². The second kappa shape index (κ2) is 5.95. The number of amides is 1. The Morgan fingerprint density at radius 3 is 2.35 bits per heavy atom. The highest BCUT2D eigenvalue weighted by Gasteiger charge is 2.52. The van der Waals surface area contributed by atoms with Crippen LogP contribution in [0.5, 0.6) is 0 Å². The van der Waals surface area contributed by atoms with Gasteiger partial charge in [0.1, 0.15) is 0 Å². The lowest BCUT2D eigenvalue weighted by Gasteiger charge is -2.33. The largest absolute Gasteiger partial charge is 0.481 e. The maximum absolute atomic E-state index is 12.7. The summed E-state index contributed by atoms with van der Waals surface area (Å²) in [5.41, 5.74) is 0. The highest BCUT2D eigenvalue weighted by Crippen LogP contribution is 2.48. The van der Waals surface area contributed by atoms with E-state index in [1.54, 1.807) is 4.90 Å². The second-order valence-electron chi connectivity index (χ2n) is 6.04. The van der Waals surface area contributed by atoms with Crippen LogP contribution in [0.25, 0.3) is 0 Å². The van der Waals surface area contributed by atoms with Crippen molar-refractivity contribution in [2.75, 3.05) is 13.2 Å². The monoisotopic (exact) mass is 281 g/mol. The normalized spacial score (nSPS) is 31.0. The molecule has 0 spiro atoms. The summed E-state index contributed by atoms with van der Waals surface area (Å²) in [6.45, 7) is 4.37. The van der Waals surface area contributed by atoms with Gasteiger partial charge in [0, 0.05) is 19.2 Å². The molecule has 0 aliphatic heterocycles. The van der Waals surface area contributed by atoms with Crippen LogP contribution in [0.3, 0.4) is 0 Å². The lowest BCUT2D eigenvalue weighted by molar-refractivity contribution is -0.151. The Kier molecular flexibility index (Phi) is 4.48. The van der Waals surface area contributed by atoms with Crippen molar-refractivity contribution in [2.24, 2.45) is 23.7 Å². The summed E-state index contributed by atoms with van der Waals surface area (Å²) < 4.78 is 0. The third-order valence-electron chi connectivity index (χ3n) is 4.49. The number of fused-ring (bicyclic) bond motifs is 2. The van der Waals surface area contributed by atoms with E-state index in [1.807, 2.05) is 26.0 Å². The molecule has 2 aliphatic rings. The lowest BCUT2D eigenvalue weighted by atomic mass is 9.82. The van der Waals surface area contributed by atoms with E-state index >= 15 is 0 Å². The Morgan fingerprint density at radius 1 is 1.25 bits per heavy atom. The van der Waals surface area contributed by atoms with Crippen LogP contribution in [-0.2, 0) is 9.59 Å². The van der Waals surface area contributed by atoms with Crippen LogP contribution >= 0.6 is 0 Å². The smallest absolute Gasteiger partial charge is 0.307 e. The van der Waals surface area contributed by atoms with Gasteiger partial charge in [-0.25, -0.2) is 0 Å². The zero-order valence-electron chi connectivity index (χ0n) is 12.0. The van der Waals surface area contributed by atoms with Gasteiger partial charge >= 0.3 is 5.97 Å². The minimum Gasteiger partial charge on any atom is -0.481 e. The molecular weight excluding hydrogens is 258 g/mol.